The van der Waals surface area contributed by atoms with Crippen LogP contribution in [0.15, 0.2) is 0 Å². The first-order valence-corrected chi connectivity index (χ1v) is 8.09. The van der Waals surface area contributed by atoms with Crippen molar-refractivity contribution in [1.29, 1.82) is 0 Å². The number of carbonyl (C=O) groups is 1. The van der Waals surface area contributed by atoms with E-state index < -0.39 is 0 Å². The number of piperidine rings is 2. The lowest BCUT2D eigenvalue weighted by Gasteiger charge is -2.32. The molecule has 2 saturated heterocycles. The summed E-state index contributed by atoms with van der Waals surface area (Å²) in [6.07, 6.45) is 6.20. The minimum absolute atomic E-state index is 0.0207. The molecule has 0 spiro atoms. The molecule has 0 aromatic rings. The first kappa shape index (κ1) is 15.7. The van der Waals surface area contributed by atoms with Gasteiger partial charge in [0, 0.05) is 12.6 Å². The van der Waals surface area contributed by atoms with Gasteiger partial charge in [-0.1, -0.05) is 6.42 Å². The van der Waals surface area contributed by atoms with Crippen molar-refractivity contribution in [3.63, 3.8) is 0 Å². The molecule has 20 heavy (non-hydrogen) atoms. The molecule has 2 aliphatic rings. The molecule has 0 aliphatic carbocycles. The molecule has 2 fully saturated rings. The Morgan fingerprint density at radius 2 is 2.00 bits per heavy atom. The van der Waals surface area contributed by atoms with Crippen molar-refractivity contribution in [1.82, 2.24) is 15.5 Å². The second-order valence-electron chi connectivity index (χ2n) is 6.01. The molecule has 0 radical (unpaired) electrons. The van der Waals surface area contributed by atoms with E-state index in [1.807, 2.05) is 0 Å². The molecule has 2 N–H and O–H groups in total. The van der Waals surface area contributed by atoms with Crippen molar-refractivity contribution in [2.75, 3.05) is 39.3 Å². The molecule has 0 saturated carbocycles. The first-order valence-electron chi connectivity index (χ1n) is 8.09. The maximum atomic E-state index is 11.8. The van der Waals surface area contributed by atoms with Crippen LogP contribution < -0.4 is 10.6 Å². The number of carbonyl (C=O) groups excluding carboxylic acids is 1. The predicted octanol–water partition coefficient (Wildman–Crippen LogP) is 0.746. The average Bonchev–Trinajstić information content (AvgIpc) is 2.52. The van der Waals surface area contributed by atoms with Gasteiger partial charge in [0.2, 0.25) is 5.91 Å². The van der Waals surface area contributed by atoms with E-state index in [0.717, 1.165) is 32.5 Å². The third-order valence-electron chi connectivity index (χ3n) is 4.34. The van der Waals surface area contributed by atoms with Crippen molar-refractivity contribution >= 4 is 5.91 Å². The summed E-state index contributed by atoms with van der Waals surface area (Å²) in [6, 6.07) is 0.429. The van der Waals surface area contributed by atoms with Gasteiger partial charge in [0.15, 0.2) is 0 Å². The Balaban J connectivity index is 1.56. The van der Waals surface area contributed by atoms with Gasteiger partial charge in [-0.3, -0.25) is 9.69 Å². The maximum Gasteiger partial charge on any atom is 0.246 e. The van der Waals surface area contributed by atoms with E-state index in [1.54, 1.807) is 0 Å². The van der Waals surface area contributed by atoms with Gasteiger partial charge in [-0.15, -0.1) is 0 Å². The van der Waals surface area contributed by atoms with E-state index in [2.05, 4.69) is 22.5 Å². The van der Waals surface area contributed by atoms with E-state index in [4.69, 9.17) is 4.74 Å². The van der Waals surface area contributed by atoms with Crippen LogP contribution in [0, 0.1) is 0 Å². The highest BCUT2D eigenvalue weighted by atomic mass is 16.5. The molecule has 0 aromatic carbocycles. The van der Waals surface area contributed by atoms with Gasteiger partial charge in [-0.05, 0) is 58.8 Å². The van der Waals surface area contributed by atoms with Crippen molar-refractivity contribution < 1.29 is 9.53 Å². The van der Waals surface area contributed by atoms with Crippen molar-refractivity contribution in [2.45, 2.75) is 51.2 Å². The molecule has 1 amide bonds. The second kappa shape index (κ2) is 8.60. The highest BCUT2D eigenvalue weighted by molar-refractivity contribution is 5.77. The quantitative estimate of drug-likeness (QED) is 0.755. The Morgan fingerprint density at radius 1 is 1.30 bits per heavy atom. The Hall–Kier alpha value is -0.650. The Morgan fingerprint density at radius 3 is 2.70 bits per heavy atom. The zero-order valence-corrected chi connectivity index (χ0v) is 12.7. The van der Waals surface area contributed by atoms with Crippen LogP contribution in [-0.4, -0.2) is 62.3 Å². The lowest BCUT2D eigenvalue weighted by Crippen LogP contribution is -2.45. The summed E-state index contributed by atoms with van der Waals surface area (Å²) in [4.78, 5) is 14.3. The molecule has 2 rings (SSSR count). The van der Waals surface area contributed by atoms with Crippen LogP contribution in [0.25, 0.3) is 0 Å². The van der Waals surface area contributed by atoms with Crippen LogP contribution in [0.4, 0.5) is 0 Å². The standard InChI is InChI=1S/C15H29N3O2/c1-13(18-9-3-2-4-10-18)11-17-15(19)12-20-14-5-7-16-8-6-14/h13-14,16H,2-12H2,1H3,(H,17,19). The predicted molar refractivity (Wildman–Crippen MR) is 79.7 cm³/mol. The molecular formula is C15H29N3O2. The number of rotatable bonds is 6. The molecule has 1 atom stereocenters. The van der Waals surface area contributed by atoms with Crippen molar-refractivity contribution in [3.8, 4) is 0 Å². The Labute approximate surface area is 122 Å². The molecule has 2 heterocycles. The number of nitrogens with one attached hydrogen (secondary N) is 2. The zero-order valence-electron chi connectivity index (χ0n) is 12.7. The third kappa shape index (κ3) is 5.38. The number of nitrogens with zero attached hydrogens (tertiary/aromatic N) is 1. The normalized spacial score (nSPS) is 23.4. The van der Waals surface area contributed by atoms with Gasteiger partial charge in [0.1, 0.15) is 6.61 Å². The van der Waals surface area contributed by atoms with Crippen molar-refractivity contribution in [2.24, 2.45) is 0 Å². The summed E-state index contributed by atoms with van der Waals surface area (Å²) in [5, 5.41) is 6.29. The van der Waals surface area contributed by atoms with E-state index in [-0.39, 0.29) is 18.6 Å². The monoisotopic (exact) mass is 283 g/mol. The number of likely N-dealkylation sites (tertiary alicyclic amines) is 1. The van der Waals surface area contributed by atoms with Crippen LogP contribution in [0.3, 0.4) is 0 Å². The average molecular weight is 283 g/mol. The topological polar surface area (TPSA) is 53.6 Å². The summed E-state index contributed by atoms with van der Waals surface area (Å²) < 4.78 is 5.66. The molecule has 2 aliphatic heterocycles. The fraction of sp³-hybridized carbons (Fsp3) is 0.933. The van der Waals surface area contributed by atoms with Gasteiger partial charge in [-0.2, -0.15) is 0 Å². The molecule has 0 aromatic heterocycles. The minimum Gasteiger partial charge on any atom is -0.368 e. The molecule has 0 bridgehead atoms. The SMILES string of the molecule is CC(CNC(=O)COC1CCNCC1)N1CCCCC1. The van der Waals surface area contributed by atoms with E-state index in [1.165, 1.54) is 32.4 Å². The molecule has 5 nitrogen and oxygen atoms in total. The van der Waals surface area contributed by atoms with Crippen LogP contribution in [0.2, 0.25) is 0 Å². The smallest absolute Gasteiger partial charge is 0.246 e. The first-order chi connectivity index (χ1) is 9.75. The van der Waals surface area contributed by atoms with Crippen LogP contribution in [0.1, 0.15) is 39.0 Å². The fourth-order valence-electron chi connectivity index (χ4n) is 2.96. The van der Waals surface area contributed by atoms with E-state index in [9.17, 15) is 4.79 Å². The number of amides is 1. The summed E-state index contributed by atoms with van der Waals surface area (Å²) >= 11 is 0. The lowest BCUT2D eigenvalue weighted by atomic mass is 10.1. The van der Waals surface area contributed by atoms with Gasteiger partial charge >= 0.3 is 0 Å². The third-order valence-corrected chi connectivity index (χ3v) is 4.34. The largest absolute Gasteiger partial charge is 0.368 e. The zero-order chi connectivity index (χ0) is 14.2. The van der Waals surface area contributed by atoms with Crippen LogP contribution in [0.5, 0.6) is 0 Å². The highest BCUT2D eigenvalue weighted by Gasteiger charge is 2.18. The molecule has 116 valence electrons. The van der Waals surface area contributed by atoms with Gasteiger partial charge in [-0.25, -0.2) is 0 Å². The maximum absolute atomic E-state index is 11.8. The van der Waals surface area contributed by atoms with Crippen LogP contribution >= 0.6 is 0 Å². The fourth-order valence-corrected chi connectivity index (χ4v) is 2.96. The van der Waals surface area contributed by atoms with Gasteiger partial charge in [0.05, 0.1) is 6.10 Å². The molecule has 5 heteroatoms. The molecular weight excluding hydrogens is 254 g/mol. The minimum atomic E-state index is 0.0207. The second-order valence-corrected chi connectivity index (χ2v) is 6.01. The summed E-state index contributed by atoms with van der Waals surface area (Å²) in [7, 11) is 0. The summed E-state index contributed by atoms with van der Waals surface area (Å²) in [6.45, 7) is 7.47. The Bertz CT molecular complexity index is 287. The number of ether oxygens (including phenoxy) is 1. The van der Waals surface area contributed by atoms with Crippen molar-refractivity contribution in [3.05, 3.63) is 0 Å². The molecule has 1 unspecified atom stereocenters. The Kier molecular flexibility index (Phi) is 6.76. The van der Waals surface area contributed by atoms with Crippen LogP contribution in [-0.2, 0) is 9.53 Å². The lowest BCUT2D eigenvalue weighted by molar-refractivity contribution is -0.128. The number of hydrogen-bond acceptors (Lipinski definition) is 4. The number of hydrogen-bond donors (Lipinski definition) is 2. The summed E-state index contributed by atoms with van der Waals surface area (Å²) in [5.74, 6) is 0.0207. The van der Waals surface area contributed by atoms with Gasteiger partial charge in [0.25, 0.3) is 0 Å². The van der Waals surface area contributed by atoms with E-state index in [0.29, 0.717) is 6.04 Å². The van der Waals surface area contributed by atoms with E-state index >= 15 is 0 Å². The summed E-state index contributed by atoms with van der Waals surface area (Å²) in [5.41, 5.74) is 0. The highest BCUT2D eigenvalue weighted by Crippen LogP contribution is 2.11. The van der Waals surface area contributed by atoms with Gasteiger partial charge < -0.3 is 15.4 Å².